The molecule has 0 unspecified atom stereocenters. The van der Waals surface area contributed by atoms with Crippen LogP contribution in [0.3, 0.4) is 0 Å². The zero-order chi connectivity index (χ0) is 18.0. The summed E-state index contributed by atoms with van der Waals surface area (Å²) in [6, 6.07) is 14.7. The fraction of sp³-hybridized carbons (Fsp3) is 0.300. The van der Waals surface area contributed by atoms with Crippen molar-refractivity contribution in [3.05, 3.63) is 69.7 Å². The van der Waals surface area contributed by atoms with Gasteiger partial charge in [-0.3, -0.25) is 9.59 Å². The summed E-state index contributed by atoms with van der Waals surface area (Å²) >= 11 is 12.0. The molecule has 2 aromatic carbocycles. The van der Waals surface area contributed by atoms with Crippen LogP contribution in [0.4, 0.5) is 0 Å². The molecule has 3 nitrogen and oxygen atoms in total. The molecule has 3 atom stereocenters. The molecule has 0 aromatic heterocycles. The molecule has 0 spiro atoms. The summed E-state index contributed by atoms with van der Waals surface area (Å²) in [5.74, 6) is -1.70. The molecule has 2 aromatic rings. The summed E-state index contributed by atoms with van der Waals surface area (Å²) in [6.45, 7) is 1.99. The number of halogens is 2. The summed E-state index contributed by atoms with van der Waals surface area (Å²) in [7, 11) is 0. The fourth-order valence-electron chi connectivity index (χ4n) is 3.56. The molecule has 1 fully saturated rings. The van der Waals surface area contributed by atoms with Gasteiger partial charge in [0.1, 0.15) is 11.7 Å². The lowest BCUT2D eigenvalue weighted by atomic mass is 9.80. The van der Waals surface area contributed by atoms with E-state index in [2.05, 4.69) is 0 Å². The molecule has 1 aliphatic rings. The van der Waals surface area contributed by atoms with Crippen molar-refractivity contribution >= 4 is 35.0 Å². The van der Waals surface area contributed by atoms with Crippen LogP contribution in [0.15, 0.2) is 48.5 Å². The van der Waals surface area contributed by atoms with Crippen molar-refractivity contribution in [3.63, 3.8) is 0 Å². The molecule has 130 valence electrons. The van der Waals surface area contributed by atoms with Gasteiger partial charge in [-0.05, 0) is 48.2 Å². The van der Waals surface area contributed by atoms with Crippen molar-refractivity contribution in [2.24, 2.45) is 5.92 Å². The Labute approximate surface area is 156 Å². The number of hydrogen-bond donors (Lipinski definition) is 0. The maximum absolute atomic E-state index is 12.6. The third-order valence-electron chi connectivity index (χ3n) is 4.65. The second-order valence-electron chi connectivity index (χ2n) is 6.14. The minimum absolute atomic E-state index is 0.0849. The van der Waals surface area contributed by atoms with E-state index in [0.717, 1.165) is 11.1 Å². The van der Waals surface area contributed by atoms with E-state index in [0.29, 0.717) is 16.5 Å². The zero-order valence-electron chi connectivity index (χ0n) is 13.7. The Kier molecular flexibility index (Phi) is 5.45. The predicted molar refractivity (Wildman–Crippen MR) is 98.1 cm³/mol. The summed E-state index contributed by atoms with van der Waals surface area (Å²) in [5.41, 5.74) is 1.90. The molecule has 0 aliphatic heterocycles. The average Bonchev–Trinajstić information content (AvgIpc) is 2.94. The average molecular weight is 377 g/mol. The van der Waals surface area contributed by atoms with Gasteiger partial charge in [0.25, 0.3) is 0 Å². The van der Waals surface area contributed by atoms with E-state index in [-0.39, 0.29) is 24.2 Å². The van der Waals surface area contributed by atoms with Gasteiger partial charge < -0.3 is 4.74 Å². The van der Waals surface area contributed by atoms with Crippen molar-refractivity contribution in [1.29, 1.82) is 0 Å². The van der Waals surface area contributed by atoms with Crippen LogP contribution >= 0.6 is 23.2 Å². The zero-order valence-corrected chi connectivity index (χ0v) is 15.3. The Bertz CT molecular complexity index is 769. The van der Waals surface area contributed by atoms with E-state index in [9.17, 15) is 9.59 Å². The second-order valence-corrected chi connectivity index (χ2v) is 7.01. The van der Waals surface area contributed by atoms with Crippen molar-refractivity contribution in [2.45, 2.75) is 25.2 Å². The van der Waals surface area contributed by atoms with E-state index in [1.807, 2.05) is 24.3 Å². The number of carbonyl (C=O) groups excluding carboxylic acids is 2. The smallest absolute Gasteiger partial charge is 0.317 e. The van der Waals surface area contributed by atoms with Crippen LogP contribution in [0.25, 0.3) is 0 Å². The van der Waals surface area contributed by atoms with Gasteiger partial charge in [-0.2, -0.15) is 0 Å². The van der Waals surface area contributed by atoms with Gasteiger partial charge in [0.2, 0.25) is 0 Å². The Morgan fingerprint density at radius 2 is 1.52 bits per heavy atom. The SMILES string of the molecule is CCOC(=O)[C@H]1C(=O)C[C@@H](c2ccc(Cl)cc2)[C@H]1c1ccc(Cl)cc1. The first-order valence-corrected chi connectivity index (χ1v) is 8.97. The van der Waals surface area contributed by atoms with Crippen LogP contribution in [-0.2, 0) is 14.3 Å². The number of ether oxygens (including phenoxy) is 1. The molecular weight excluding hydrogens is 359 g/mol. The minimum atomic E-state index is -0.790. The third-order valence-corrected chi connectivity index (χ3v) is 5.16. The molecule has 0 N–H and O–H groups in total. The van der Waals surface area contributed by atoms with Crippen LogP contribution in [0.5, 0.6) is 0 Å². The van der Waals surface area contributed by atoms with Crippen molar-refractivity contribution < 1.29 is 14.3 Å². The third kappa shape index (κ3) is 3.73. The van der Waals surface area contributed by atoms with Crippen molar-refractivity contribution in [3.8, 4) is 0 Å². The quantitative estimate of drug-likeness (QED) is 0.556. The van der Waals surface area contributed by atoms with E-state index in [4.69, 9.17) is 27.9 Å². The van der Waals surface area contributed by atoms with Crippen LogP contribution in [0, 0.1) is 5.92 Å². The Morgan fingerprint density at radius 1 is 1.00 bits per heavy atom. The molecule has 25 heavy (non-hydrogen) atoms. The van der Waals surface area contributed by atoms with Crippen LogP contribution < -0.4 is 0 Å². The van der Waals surface area contributed by atoms with Crippen LogP contribution in [0.1, 0.15) is 36.3 Å². The molecule has 5 heteroatoms. The van der Waals surface area contributed by atoms with Gasteiger partial charge in [-0.15, -0.1) is 0 Å². The number of rotatable bonds is 4. The molecule has 3 rings (SSSR count). The topological polar surface area (TPSA) is 43.4 Å². The highest BCUT2D eigenvalue weighted by molar-refractivity contribution is 6.30. The van der Waals surface area contributed by atoms with Crippen LogP contribution in [0.2, 0.25) is 10.0 Å². The van der Waals surface area contributed by atoms with Gasteiger partial charge in [-0.1, -0.05) is 47.5 Å². The molecule has 0 amide bonds. The van der Waals surface area contributed by atoms with E-state index >= 15 is 0 Å². The minimum Gasteiger partial charge on any atom is -0.465 e. The Balaban J connectivity index is 2.04. The van der Waals surface area contributed by atoms with Crippen molar-refractivity contribution in [1.82, 2.24) is 0 Å². The predicted octanol–water partition coefficient (Wildman–Crippen LogP) is 5.01. The molecule has 0 saturated heterocycles. The normalized spacial score (nSPS) is 22.8. The first kappa shape index (κ1) is 18.0. The lowest BCUT2D eigenvalue weighted by Gasteiger charge is -2.24. The molecular formula is C20H18Cl2O3. The Morgan fingerprint density at radius 3 is 2.04 bits per heavy atom. The van der Waals surface area contributed by atoms with Gasteiger partial charge in [0.05, 0.1) is 6.61 Å². The molecule has 0 heterocycles. The number of ketones is 1. The first-order chi connectivity index (χ1) is 12.0. The van der Waals surface area contributed by atoms with Gasteiger partial charge in [0, 0.05) is 22.4 Å². The standard InChI is InChI=1S/C20H18Cl2O3/c1-2-25-20(24)19-17(23)11-16(12-3-7-14(21)8-4-12)18(19)13-5-9-15(22)10-6-13/h3-10,16,18-19H,2,11H2,1H3/t16-,18+,19-/m0/s1. The highest BCUT2D eigenvalue weighted by atomic mass is 35.5. The van der Waals surface area contributed by atoms with E-state index in [1.54, 1.807) is 31.2 Å². The maximum atomic E-state index is 12.6. The number of hydrogen-bond acceptors (Lipinski definition) is 3. The number of benzene rings is 2. The van der Waals surface area contributed by atoms with Gasteiger partial charge in [0.15, 0.2) is 0 Å². The lowest BCUT2D eigenvalue weighted by molar-refractivity contribution is -0.151. The molecule has 0 bridgehead atoms. The highest BCUT2D eigenvalue weighted by Crippen LogP contribution is 2.48. The van der Waals surface area contributed by atoms with E-state index in [1.165, 1.54) is 0 Å². The number of carbonyl (C=O) groups is 2. The number of esters is 1. The van der Waals surface area contributed by atoms with E-state index < -0.39 is 11.9 Å². The molecule has 0 radical (unpaired) electrons. The molecule has 1 aliphatic carbocycles. The fourth-order valence-corrected chi connectivity index (χ4v) is 3.81. The van der Waals surface area contributed by atoms with Crippen molar-refractivity contribution in [2.75, 3.05) is 6.61 Å². The monoisotopic (exact) mass is 376 g/mol. The highest BCUT2D eigenvalue weighted by Gasteiger charge is 2.48. The lowest BCUT2D eigenvalue weighted by Crippen LogP contribution is -2.27. The Hall–Kier alpha value is -1.84. The maximum Gasteiger partial charge on any atom is 0.317 e. The summed E-state index contributed by atoms with van der Waals surface area (Å²) in [6.07, 6.45) is 0.304. The molecule has 1 saturated carbocycles. The van der Waals surface area contributed by atoms with Gasteiger partial charge in [-0.25, -0.2) is 0 Å². The second kappa shape index (κ2) is 7.59. The first-order valence-electron chi connectivity index (χ1n) is 8.21. The summed E-state index contributed by atoms with van der Waals surface area (Å²) < 4.78 is 5.17. The summed E-state index contributed by atoms with van der Waals surface area (Å²) in [5, 5.41) is 1.25. The summed E-state index contributed by atoms with van der Waals surface area (Å²) in [4.78, 5) is 25.1. The van der Waals surface area contributed by atoms with Gasteiger partial charge >= 0.3 is 5.97 Å². The largest absolute Gasteiger partial charge is 0.465 e. The van der Waals surface area contributed by atoms with Crippen LogP contribution in [-0.4, -0.2) is 18.4 Å². The number of Topliss-reactive ketones (excluding diaryl/α,β-unsaturated/α-hetero) is 1.